The lowest BCUT2D eigenvalue weighted by atomic mass is 10.1. The van der Waals surface area contributed by atoms with Crippen LogP contribution in [0.25, 0.3) is 0 Å². The molecule has 5 heteroatoms. The van der Waals surface area contributed by atoms with Gasteiger partial charge in [-0.15, -0.1) is 11.6 Å². The van der Waals surface area contributed by atoms with Gasteiger partial charge in [-0.1, -0.05) is 20.8 Å². The second kappa shape index (κ2) is 7.47. The summed E-state index contributed by atoms with van der Waals surface area (Å²) in [6, 6.07) is 0.221. The summed E-state index contributed by atoms with van der Waals surface area (Å²) in [7, 11) is -2.86. The smallest absolute Gasteiger partial charge is 0.151 e. The molecular formula is C10H22ClNO2S. The Kier molecular flexibility index (Phi) is 7.57. The van der Waals surface area contributed by atoms with Crippen LogP contribution in [0.4, 0.5) is 0 Å². The van der Waals surface area contributed by atoms with Crippen LogP contribution in [-0.2, 0) is 9.84 Å². The minimum absolute atomic E-state index is 0.203. The van der Waals surface area contributed by atoms with E-state index in [0.29, 0.717) is 18.3 Å². The van der Waals surface area contributed by atoms with Crippen molar-refractivity contribution in [1.29, 1.82) is 0 Å². The van der Waals surface area contributed by atoms with Crippen molar-refractivity contribution < 1.29 is 8.42 Å². The third-order valence-electron chi connectivity index (χ3n) is 2.23. The Hall–Kier alpha value is 0.200. The van der Waals surface area contributed by atoms with E-state index in [1.165, 1.54) is 0 Å². The number of alkyl halides is 1. The molecule has 0 bridgehead atoms. The zero-order valence-corrected chi connectivity index (χ0v) is 11.4. The maximum atomic E-state index is 11.2. The van der Waals surface area contributed by atoms with Crippen molar-refractivity contribution >= 4 is 21.4 Å². The molecule has 0 heterocycles. The van der Waals surface area contributed by atoms with E-state index >= 15 is 0 Å². The van der Waals surface area contributed by atoms with Crippen molar-refractivity contribution in [2.45, 2.75) is 33.2 Å². The van der Waals surface area contributed by atoms with Gasteiger partial charge in [0.25, 0.3) is 0 Å². The summed E-state index contributed by atoms with van der Waals surface area (Å²) >= 11 is 5.78. The van der Waals surface area contributed by atoms with Crippen molar-refractivity contribution in [2.24, 2.45) is 5.92 Å². The molecule has 3 nitrogen and oxygen atoms in total. The lowest BCUT2D eigenvalue weighted by Gasteiger charge is -2.17. The fraction of sp³-hybridized carbons (Fsp3) is 1.00. The highest BCUT2D eigenvalue weighted by molar-refractivity contribution is 7.91. The lowest BCUT2D eigenvalue weighted by Crippen LogP contribution is -2.35. The van der Waals surface area contributed by atoms with E-state index in [4.69, 9.17) is 11.6 Å². The Morgan fingerprint density at radius 2 is 1.93 bits per heavy atom. The molecule has 1 atom stereocenters. The minimum Gasteiger partial charge on any atom is -0.312 e. The summed E-state index contributed by atoms with van der Waals surface area (Å²) in [6.45, 7) is 6.43. The molecule has 0 aromatic rings. The van der Waals surface area contributed by atoms with Crippen LogP contribution >= 0.6 is 11.6 Å². The number of rotatable bonds is 8. The van der Waals surface area contributed by atoms with E-state index in [1.807, 2.05) is 0 Å². The fourth-order valence-corrected chi connectivity index (χ4v) is 2.29. The van der Waals surface area contributed by atoms with E-state index in [9.17, 15) is 8.42 Å². The van der Waals surface area contributed by atoms with Gasteiger partial charge in [0, 0.05) is 24.2 Å². The first kappa shape index (κ1) is 15.2. The fourth-order valence-electron chi connectivity index (χ4n) is 1.33. The highest BCUT2D eigenvalue weighted by Gasteiger charge is 2.11. The standard InChI is InChI=1S/C10H22ClNO2S/c1-4-15(13,14)6-5-12-10(8-11)7-9(2)3/h9-10,12H,4-8H2,1-3H3. The molecule has 92 valence electrons. The molecule has 0 aliphatic rings. The molecule has 0 radical (unpaired) electrons. The lowest BCUT2D eigenvalue weighted by molar-refractivity contribution is 0.454. The van der Waals surface area contributed by atoms with Crippen molar-refractivity contribution in [3.63, 3.8) is 0 Å². The van der Waals surface area contributed by atoms with Gasteiger partial charge in [0.05, 0.1) is 5.75 Å². The van der Waals surface area contributed by atoms with Crippen molar-refractivity contribution in [1.82, 2.24) is 5.32 Å². The first-order valence-electron chi connectivity index (χ1n) is 5.41. The molecule has 15 heavy (non-hydrogen) atoms. The average Bonchev–Trinajstić information content (AvgIpc) is 2.15. The predicted molar refractivity (Wildman–Crippen MR) is 66.3 cm³/mol. The minimum atomic E-state index is -2.86. The molecule has 0 fully saturated rings. The second-order valence-corrected chi connectivity index (χ2v) is 6.95. The third-order valence-corrected chi connectivity index (χ3v) is 4.31. The zero-order valence-electron chi connectivity index (χ0n) is 9.79. The van der Waals surface area contributed by atoms with Gasteiger partial charge in [0.15, 0.2) is 9.84 Å². The topological polar surface area (TPSA) is 46.2 Å². The molecule has 0 saturated carbocycles. The Balaban J connectivity index is 3.82. The molecule has 1 N–H and O–H groups in total. The van der Waals surface area contributed by atoms with E-state index < -0.39 is 9.84 Å². The number of sulfone groups is 1. The third kappa shape index (κ3) is 8.05. The number of halogens is 1. The molecule has 0 aliphatic heterocycles. The summed E-state index contributed by atoms with van der Waals surface area (Å²) in [4.78, 5) is 0. The van der Waals surface area contributed by atoms with Crippen LogP contribution in [0.3, 0.4) is 0 Å². The van der Waals surface area contributed by atoms with Gasteiger partial charge < -0.3 is 5.32 Å². The number of nitrogens with one attached hydrogen (secondary N) is 1. The maximum Gasteiger partial charge on any atom is 0.151 e. The van der Waals surface area contributed by atoms with Gasteiger partial charge in [-0.3, -0.25) is 0 Å². The highest BCUT2D eigenvalue weighted by Crippen LogP contribution is 2.05. The summed E-state index contributed by atoms with van der Waals surface area (Å²) < 4.78 is 22.4. The first-order chi connectivity index (χ1) is 6.91. The Morgan fingerprint density at radius 3 is 2.33 bits per heavy atom. The van der Waals surface area contributed by atoms with Crippen molar-refractivity contribution in [3.05, 3.63) is 0 Å². The summed E-state index contributed by atoms with van der Waals surface area (Å²) in [5.41, 5.74) is 0. The highest BCUT2D eigenvalue weighted by atomic mass is 35.5. The van der Waals surface area contributed by atoms with Crippen LogP contribution in [0, 0.1) is 5.92 Å². The molecule has 1 unspecified atom stereocenters. The van der Waals surface area contributed by atoms with E-state index in [2.05, 4.69) is 19.2 Å². The van der Waals surface area contributed by atoms with Crippen LogP contribution in [0.5, 0.6) is 0 Å². The SMILES string of the molecule is CCS(=O)(=O)CCNC(CCl)CC(C)C. The van der Waals surface area contributed by atoms with Crippen LogP contribution < -0.4 is 5.32 Å². The van der Waals surface area contributed by atoms with Gasteiger partial charge >= 0.3 is 0 Å². The number of hydrogen-bond donors (Lipinski definition) is 1. The number of hydrogen-bond acceptors (Lipinski definition) is 3. The maximum absolute atomic E-state index is 11.2. The van der Waals surface area contributed by atoms with E-state index in [-0.39, 0.29) is 17.5 Å². The summed E-state index contributed by atoms with van der Waals surface area (Å²) in [5, 5.41) is 3.18. The monoisotopic (exact) mass is 255 g/mol. The molecule has 0 aromatic carbocycles. The van der Waals surface area contributed by atoms with Crippen LogP contribution in [0.15, 0.2) is 0 Å². The first-order valence-corrected chi connectivity index (χ1v) is 7.76. The van der Waals surface area contributed by atoms with E-state index in [1.54, 1.807) is 6.92 Å². The van der Waals surface area contributed by atoms with Gasteiger partial charge in [0.2, 0.25) is 0 Å². The van der Waals surface area contributed by atoms with Crippen LogP contribution in [0.2, 0.25) is 0 Å². The molecule has 0 saturated heterocycles. The van der Waals surface area contributed by atoms with Gasteiger partial charge in [0.1, 0.15) is 0 Å². The Labute approximate surface area is 98.5 Å². The molecule has 0 aliphatic carbocycles. The normalized spacial score (nSPS) is 14.5. The molecule has 0 rings (SSSR count). The molecule has 0 spiro atoms. The van der Waals surface area contributed by atoms with Crippen molar-refractivity contribution in [3.8, 4) is 0 Å². The Morgan fingerprint density at radius 1 is 1.33 bits per heavy atom. The second-order valence-electron chi connectivity index (χ2n) is 4.17. The average molecular weight is 256 g/mol. The van der Waals surface area contributed by atoms with Gasteiger partial charge in [-0.2, -0.15) is 0 Å². The van der Waals surface area contributed by atoms with Crippen LogP contribution in [0.1, 0.15) is 27.2 Å². The molecular weight excluding hydrogens is 234 g/mol. The van der Waals surface area contributed by atoms with Gasteiger partial charge in [-0.25, -0.2) is 8.42 Å². The van der Waals surface area contributed by atoms with E-state index in [0.717, 1.165) is 6.42 Å². The Bertz CT molecular complexity index is 252. The summed E-state index contributed by atoms with van der Waals surface area (Å²) in [5.74, 6) is 1.52. The molecule has 0 aromatic heterocycles. The van der Waals surface area contributed by atoms with Crippen LogP contribution in [-0.4, -0.2) is 38.4 Å². The largest absolute Gasteiger partial charge is 0.312 e. The quantitative estimate of drug-likeness (QED) is 0.671. The summed E-state index contributed by atoms with van der Waals surface area (Å²) in [6.07, 6.45) is 0.982. The van der Waals surface area contributed by atoms with Crippen molar-refractivity contribution in [2.75, 3.05) is 23.9 Å². The van der Waals surface area contributed by atoms with Gasteiger partial charge in [-0.05, 0) is 12.3 Å². The predicted octanol–water partition coefficient (Wildman–Crippen LogP) is 1.66. The molecule has 0 amide bonds. The zero-order chi connectivity index (χ0) is 11.9.